The van der Waals surface area contributed by atoms with E-state index in [9.17, 15) is 18.0 Å². The lowest BCUT2D eigenvalue weighted by atomic mass is 10.1. The molecule has 0 aliphatic rings. The highest BCUT2D eigenvalue weighted by Crippen LogP contribution is 2.38. The second-order valence-corrected chi connectivity index (χ2v) is 12.6. The number of anilines is 1. The number of amides is 2. The van der Waals surface area contributed by atoms with Gasteiger partial charge in [-0.2, -0.15) is 0 Å². The van der Waals surface area contributed by atoms with Crippen molar-refractivity contribution in [3.05, 3.63) is 71.8 Å². The van der Waals surface area contributed by atoms with Gasteiger partial charge in [0.2, 0.25) is 11.8 Å². The molecule has 0 aliphatic heterocycles. The fourth-order valence-electron chi connectivity index (χ4n) is 4.94. The second-order valence-electron chi connectivity index (χ2n) is 10.8. The molecule has 2 amide bonds. The zero-order valence-electron chi connectivity index (χ0n) is 27.8. The molecule has 11 nitrogen and oxygen atoms in total. The Balaban J connectivity index is 2.21. The highest BCUT2D eigenvalue weighted by molar-refractivity contribution is 7.92. The standard InChI is InChI=1S/C34H45N3O8S/c1-9-24(4)35-34(39)28(10-2)36(21-25-14-12-11-13-23(25)3)33(38)22-37(29-19-26(42-5)15-17-30(29)43-6)46(40,41)27-16-18-31(44-7)32(20-27)45-8/h11-20,24,28H,9-10,21-22H2,1-8H3,(H,35,39)/t24-,28-/m1/s1. The van der Waals surface area contributed by atoms with Gasteiger partial charge in [-0.15, -0.1) is 0 Å². The summed E-state index contributed by atoms with van der Waals surface area (Å²) in [5.41, 5.74) is 1.85. The smallest absolute Gasteiger partial charge is 0.265 e. The molecular weight excluding hydrogens is 610 g/mol. The first-order chi connectivity index (χ1) is 21.9. The summed E-state index contributed by atoms with van der Waals surface area (Å²) in [6.07, 6.45) is 1.02. The lowest BCUT2D eigenvalue weighted by molar-refractivity contribution is -0.140. The SMILES string of the molecule is CC[C@@H](C)NC(=O)[C@@H](CC)N(Cc1ccccc1C)C(=O)CN(c1cc(OC)ccc1OC)S(=O)(=O)c1ccc(OC)c(OC)c1. The molecule has 0 saturated heterocycles. The highest BCUT2D eigenvalue weighted by atomic mass is 32.2. The van der Waals surface area contributed by atoms with Crippen LogP contribution in [0.3, 0.4) is 0 Å². The largest absolute Gasteiger partial charge is 0.497 e. The summed E-state index contributed by atoms with van der Waals surface area (Å²) in [6, 6.07) is 15.5. The summed E-state index contributed by atoms with van der Waals surface area (Å²) in [6.45, 7) is 7.05. The molecule has 12 heteroatoms. The monoisotopic (exact) mass is 655 g/mol. The quantitative estimate of drug-likeness (QED) is 0.230. The number of carbonyl (C=O) groups is 2. The van der Waals surface area contributed by atoms with Crippen molar-refractivity contribution >= 4 is 27.5 Å². The van der Waals surface area contributed by atoms with Crippen LogP contribution in [0.15, 0.2) is 65.6 Å². The maximum atomic E-state index is 14.5. The molecule has 3 aromatic carbocycles. The van der Waals surface area contributed by atoms with Crippen LogP contribution < -0.4 is 28.6 Å². The van der Waals surface area contributed by atoms with Crippen LogP contribution in [0.5, 0.6) is 23.0 Å². The first-order valence-corrected chi connectivity index (χ1v) is 16.5. The molecule has 46 heavy (non-hydrogen) atoms. The summed E-state index contributed by atoms with van der Waals surface area (Å²) in [4.78, 5) is 29.3. The number of rotatable bonds is 16. The van der Waals surface area contributed by atoms with Crippen LogP contribution in [-0.2, 0) is 26.2 Å². The Morgan fingerprint density at radius 1 is 0.826 bits per heavy atom. The number of hydrogen-bond donors (Lipinski definition) is 1. The minimum absolute atomic E-state index is 0.0814. The van der Waals surface area contributed by atoms with Crippen molar-refractivity contribution in [2.75, 3.05) is 39.3 Å². The molecular formula is C34H45N3O8S. The third-order valence-corrected chi connectivity index (χ3v) is 9.62. The number of carbonyl (C=O) groups excluding carboxylic acids is 2. The summed E-state index contributed by atoms with van der Waals surface area (Å²) >= 11 is 0. The van der Waals surface area contributed by atoms with E-state index in [2.05, 4.69) is 5.32 Å². The number of nitrogens with zero attached hydrogens (tertiary/aromatic N) is 2. The summed E-state index contributed by atoms with van der Waals surface area (Å²) < 4.78 is 51.6. The van der Waals surface area contributed by atoms with Crippen molar-refractivity contribution in [2.45, 2.75) is 64.1 Å². The zero-order valence-corrected chi connectivity index (χ0v) is 28.6. The minimum atomic E-state index is -4.44. The van der Waals surface area contributed by atoms with Gasteiger partial charge in [-0.25, -0.2) is 8.42 Å². The molecule has 0 aromatic heterocycles. The van der Waals surface area contributed by atoms with Gasteiger partial charge in [0, 0.05) is 24.7 Å². The molecule has 0 aliphatic carbocycles. The maximum absolute atomic E-state index is 14.5. The Morgan fingerprint density at radius 3 is 2.07 bits per heavy atom. The van der Waals surface area contributed by atoms with Crippen LogP contribution in [0, 0.1) is 6.92 Å². The van der Waals surface area contributed by atoms with Crippen molar-refractivity contribution in [3.8, 4) is 23.0 Å². The van der Waals surface area contributed by atoms with E-state index >= 15 is 0 Å². The Kier molecular flexibility index (Phi) is 12.7. The summed E-state index contributed by atoms with van der Waals surface area (Å²) in [5, 5.41) is 2.99. The molecule has 2 atom stereocenters. The van der Waals surface area contributed by atoms with E-state index in [0.29, 0.717) is 24.3 Å². The van der Waals surface area contributed by atoms with E-state index in [0.717, 1.165) is 15.4 Å². The van der Waals surface area contributed by atoms with Gasteiger partial charge in [0.05, 0.1) is 39.0 Å². The molecule has 250 valence electrons. The lowest BCUT2D eigenvalue weighted by Crippen LogP contribution is -2.53. The Morgan fingerprint density at radius 2 is 1.48 bits per heavy atom. The summed E-state index contributed by atoms with van der Waals surface area (Å²) in [7, 11) is 1.27. The average molecular weight is 656 g/mol. The first-order valence-electron chi connectivity index (χ1n) is 15.1. The molecule has 0 fully saturated rings. The lowest BCUT2D eigenvalue weighted by Gasteiger charge is -2.34. The second kappa shape index (κ2) is 16.2. The molecule has 3 rings (SSSR count). The number of benzene rings is 3. The van der Waals surface area contributed by atoms with Gasteiger partial charge in [0.15, 0.2) is 11.5 Å². The summed E-state index contributed by atoms with van der Waals surface area (Å²) in [5.74, 6) is 0.193. The number of ether oxygens (including phenoxy) is 4. The predicted molar refractivity (Wildman–Crippen MR) is 177 cm³/mol. The van der Waals surface area contributed by atoms with Crippen LogP contribution in [0.25, 0.3) is 0 Å². The fourth-order valence-corrected chi connectivity index (χ4v) is 6.37. The third-order valence-electron chi connectivity index (χ3n) is 7.87. The van der Waals surface area contributed by atoms with Crippen molar-refractivity contribution < 1.29 is 37.0 Å². The minimum Gasteiger partial charge on any atom is -0.497 e. The molecule has 0 radical (unpaired) electrons. The average Bonchev–Trinajstić information content (AvgIpc) is 3.06. The van der Waals surface area contributed by atoms with E-state index in [-0.39, 0.29) is 40.6 Å². The topological polar surface area (TPSA) is 124 Å². The predicted octanol–water partition coefficient (Wildman–Crippen LogP) is 4.95. The molecule has 0 spiro atoms. The number of methoxy groups -OCH3 is 4. The molecule has 3 aromatic rings. The first kappa shape index (κ1) is 36.0. The molecule has 0 heterocycles. The highest BCUT2D eigenvalue weighted by Gasteiger charge is 2.35. The molecule has 0 saturated carbocycles. The number of hydrogen-bond acceptors (Lipinski definition) is 8. The van der Waals surface area contributed by atoms with Crippen molar-refractivity contribution in [3.63, 3.8) is 0 Å². The van der Waals surface area contributed by atoms with Gasteiger partial charge < -0.3 is 29.2 Å². The number of sulfonamides is 1. The van der Waals surface area contributed by atoms with Crippen molar-refractivity contribution in [2.24, 2.45) is 0 Å². The van der Waals surface area contributed by atoms with E-state index < -0.39 is 28.5 Å². The van der Waals surface area contributed by atoms with Crippen LogP contribution in [-0.4, -0.2) is 72.2 Å². The number of aryl methyl sites for hydroxylation is 1. The Labute approximate surface area is 272 Å². The van der Waals surface area contributed by atoms with Crippen LogP contribution in [0.1, 0.15) is 44.7 Å². The van der Waals surface area contributed by atoms with Gasteiger partial charge in [0.25, 0.3) is 10.0 Å². The van der Waals surface area contributed by atoms with Gasteiger partial charge >= 0.3 is 0 Å². The van der Waals surface area contributed by atoms with E-state index in [4.69, 9.17) is 18.9 Å². The van der Waals surface area contributed by atoms with Crippen LogP contribution in [0.2, 0.25) is 0 Å². The van der Waals surface area contributed by atoms with E-state index in [1.807, 2.05) is 52.0 Å². The number of nitrogens with one attached hydrogen (secondary N) is 1. The molecule has 0 bridgehead atoms. The normalized spacial score (nSPS) is 12.4. The van der Waals surface area contributed by atoms with Gasteiger partial charge in [-0.3, -0.25) is 13.9 Å². The maximum Gasteiger partial charge on any atom is 0.265 e. The Hall–Kier alpha value is -4.45. The van der Waals surface area contributed by atoms with E-state index in [1.165, 1.54) is 57.6 Å². The third kappa shape index (κ3) is 8.22. The van der Waals surface area contributed by atoms with Gasteiger partial charge in [-0.1, -0.05) is 38.1 Å². The van der Waals surface area contributed by atoms with Crippen molar-refractivity contribution in [1.29, 1.82) is 0 Å². The van der Waals surface area contributed by atoms with Gasteiger partial charge in [-0.05, 0) is 62.1 Å². The molecule has 0 unspecified atom stereocenters. The van der Waals surface area contributed by atoms with E-state index in [1.54, 1.807) is 12.1 Å². The molecule has 1 N–H and O–H groups in total. The van der Waals surface area contributed by atoms with Crippen molar-refractivity contribution in [1.82, 2.24) is 10.2 Å². The Bertz CT molecular complexity index is 1610. The van der Waals surface area contributed by atoms with Crippen LogP contribution >= 0.6 is 0 Å². The van der Waals surface area contributed by atoms with Gasteiger partial charge in [0.1, 0.15) is 24.1 Å². The van der Waals surface area contributed by atoms with Crippen LogP contribution in [0.4, 0.5) is 5.69 Å². The fraction of sp³-hybridized carbons (Fsp3) is 0.412. The zero-order chi connectivity index (χ0) is 34.0.